The topological polar surface area (TPSA) is 118 Å². The first-order valence-corrected chi connectivity index (χ1v) is 10.6. The van der Waals surface area contributed by atoms with Gasteiger partial charge in [-0.3, -0.25) is 9.58 Å². The highest BCUT2D eigenvalue weighted by Crippen LogP contribution is 2.29. The van der Waals surface area contributed by atoms with Crippen LogP contribution >= 0.6 is 0 Å². The zero-order valence-electron chi connectivity index (χ0n) is 19.7. The third-order valence-corrected chi connectivity index (χ3v) is 4.64. The van der Waals surface area contributed by atoms with Crippen molar-refractivity contribution in [3.8, 4) is 0 Å². The van der Waals surface area contributed by atoms with Crippen molar-refractivity contribution in [2.45, 2.75) is 58.7 Å². The second-order valence-electron chi connectivity index (χ2n) is 7.54. The average Bonchev–Trinajstić information content (AvgIpc) is 3.37. The number of carbonyl (C=O) groups is 2. The number of aliphatic carboxylic acids is 2. The van der Waals surface area contributed by atoms with Crippen LogP contribution in [-0.2, 0) is 34.0 Å². The third-order valence-electron chi connectivity index (χ3n) is 4.64. The van der Waals surface area contributed by atoms with Crippen LogP contribution in [0.25, 0.3) is 0 Å². The average molecular weight is 531 g/mol. The SMILES string of the molecule is CCOCC1CN(Cc2ccc(C)o2)Cc2cn(CC)nc21.O=C(O)C(F)(F)F.O=C(O)C(F)(F)F. The minimum Gasteiger partial charge on any atom is -0.475 e. The van der Waals surface area contributed by atoms with E-state index in [9.17, 15) is 26.3 Å². The molecule has 2 N–H and O–H groups in total. The summed E-state index contributed by atoms with van der Waals surface area (Å²) in [7, 11) is 0. The lowest BCUT2D eigenvalue weighted by Gasteiger charge is -2.31. The standard InChI is InChI=1S/C17H25N3O2.2C2HF3O2/c1-4-20-10-14-8-19(11-16-7-6-13(3)22-16)9-15(12-21-5-2)17(14)18-20;2*3-2(4,5)1(6)7/h6-7,10,15H,4-5,8-9,11-12H2,1-3H3;2*(H,6,7). The van der Waals surface area contributed by atoms with E-state index < -0.39 is 24.3 Å². The van der Waals surface area contributed by atoms with Crippen LogP contribution in [0.15, 0.2) is 22.7 Å². The second kappa shape index (κ2) is 13.3. The van der Waals surface area contributed by atoms with Gasteiger partial charge in [-0.15, -0.1) is 0 Å². The van der Waals surface area contributed by atoms with E-state index >= 15 is 0 Å². The van der Waals surface area contributed by atoms with Crippen LogP contribution < -0.4 is 0 Å². The fraction of sp³-hybridized carbons (Fsp3) is 0.571. The summed E-state index contributed by atoms with van der Waals surface area (Å²) >= 11 is 0. The zero-order valence-corrected chi connectivity index (χ0v) is 19.7. The Kier molecular flexibility index (Phi) is 11.4. The number of carboxylic acids is 2. The van der Waals surface area contributed by atoms with Crippen LogP contribution in [0.4, 0.5) is 26.3 Å². The minimum atomic E-state index is -5.08. The lowest BCUT2D eigenvalue weighted by Crippen LogP contribution is -2.34. The predicted octanol–water partition coefficient (Wildman–Crippen LogP) is 4.21. The maximum Gasteiger partial charge on any atom is 0.490 e. The Bertz CT molecular complexity index is 962. The summed E-state index contributed by atoms with van der Waals surface area (Å²) in [5, 5.41) is 19.0. The van der Waals surface area contributed by atoms with Crippen molar-refractivity contribution in [1.82, 2.24) is 14.7 Å². The number of aryl methyl sites for hydroxylation is 2. The maximum absolute atomic E-state index is 10.6. The molecular weight excluding hydrogens is 504 g/mol. The number of hydrogen-bond donors (Lipinski definition) is 2. The number of fused-ring (bicyclic) bond motifs is 1. The quantitative estimate of drug-likeness (QED) is 0.533. The van der Waals surface area contributed by atoms with E-state index in [0.29, 0.717) is 5.92 Å². The number of nitrogens with zero attached hydrogens (tertiary/aromatic N) is 3. The molecule has 0 radical (unpaired) electrons. The number of aromatic nitrogens is 2. The van der Waals surface area contributed by atoms with Crippen molar-refractivity contribution in [1.29, 1.82) is 0 Å². The van der Waals surface area contributed by atoms with Gasteiger partial charge in [0.05, 0.1) is 18.8 Å². The molecule has 204 valence electrons. The van der Waals surface area contributed by atoms with Gasteiger partial charge in [0.2, 0.25) is 0 Å². The first kappa shape index (κ1) is 31.0. The Morgan fingerprint density at radius 3 is 2.08 bits per heavy atom. The van der Waals surface area contributed by atoms with Gasteiger partial charge in [0, 0.05) is 43.9 Å². The van der Waals surface area contributed by atoms with Gasteiger partial charge in [-0.25, -0.2) is 9.59 Å². The Balaban J connectivity index is 0.000000383. The number of halogens is 6. The van der Waals surface area contributed by atoms with Crippen molar-refractivity contribution in [2.24, 2.45) is 0 Å². The van der Waals surface area contributed by atoms with Crippen molar-refractivity contribution < 1.29 is 55.3 Å². The second-order valence-corrected chi connectivity index (χ2v) is 7.54. The molecule has 0 aromatic carbocycles. The van der Waals surface area contributed by atoms with E-state index in [1.807, 2.05) is 24.6 Å². The molecular formula is C21H27F6N3O6. The molecule has 0 saturated heterocycles. The summed E-state index contributed by atoms with van der Waals surface area (Å²) in [6, 6.07) is 4.09. The number of alkyl halides is 6. The molecule has 1 unspecified atom stereocenters. The molecule has 15 heteroatoms. The number of carboxylic acid groups (broad SMARTS) is 2. The van der Waals surface area contributed by atoms with Crippen LogP contribution in [0.1, 0.15) is 42.5 Å². The highest BCUT2D eigenvalue weighted by Gasteiger charge is 2.38. The summed E-state index contributed by atoms with van der Waals surface area (Å²) < 4.78 is 76.9. The molecule has 1 atom stereocenters. The molecule has 0 fully saturated rings. The van der Waals surface area contributed by atoms with Gasteiger partial charge in [0.15, 0.2) is 0 Å². The van der Waals surface area contributed by atoms with Crippen LogP contribution in [-0.4, -0.2) is 68.9 Å². The third kappa shape index (κ3) is 10.3. The van der Waals surface area contributed by atoms with Gasteiger partial charge < -0.3 is 19.4 Å². The van der Waals surface area contributed by atoms with Gasteiger partial charge in [-0.1, -0.05) is 0 Å². The van der Waals surface area contributed by atoms with Gasteiger partial charge in [-0.2, -0.15) is 31.4 Å². The Labute approximate surface area is 202 Å². The molecule has 0 spiro atoms. The molecule has 1 aliphatic heterocycles. The van der Waals surface area contributed by atoms with Crippen molar-refractivity contribution in [2.75, 3.05) is 19.8 Å². The van der Waals surface area contributed by atoms with Crippen LogP contribution in [0.3, 0.4) is 0 Å². The fourth-order valence-electron chi connectivity index (χ4n) is 3.11. The molecule has 0 saturated carbocycles. The monoisotopic (exact) mass is 531 g/mol. The Morgan fingerprint density at radius 1 is 1.11 bits per heavy atom. The molecule has 36 heavy (non-hydrogen) atoms. The van der Waals surface area contributed by atoms with Crippen LogP contribution in [0, 0.1) is 6.92 Å². The van der Waals surface area contributed by atoms with Gasteiger partial charge >= 0.3 is 24.3 Å². The normalized spacial score (nSPS) is 15.8. The molecule has 0 aliphatic carbocycles. The largest absolute Gasteiger partial charge is 0.490 e. The Morgan fingerprint density at radius 2 is 1.67 bits per heavy atom. The van der Waals surface area contributed by atoms with Crippen molar-refractivity contribution in [3.05, 3.63) is 41.1 Å². The summed E-state index contributed by atoms with van der Waals surface area (Å²) in [6.45, 7) is 11.3. The maximum atomic E-state index is 10.6. The lowest BCUT2D eigenvalue weighted by atomic mass is 9.97. The summed E-state index contributed by atoms with van der Waals surface area (Å²) in [6.07, 6.45) is -7.99. The van der Waals surface area contributed by atoms with E-state index in [-0.39, 0.29) is 0 Å². The van der Waals surface area contributed by atoms with E-state index in [1.54, 1.807) is 0 Å². The van der Waals surface area contributed by atoms with E-state index in [1.165, 1.54) is 11.3 Å². The highest BCUT2D eigenvalue weighted by molar-refractivity contribution is 5.73. The smallest absolute Gasteiger partial charge is 0.475 e. The summed E-state index contributed by atoms with van der Waals surface area (Å²) in [5.74, 6) is -3.18. The van der Waals surface area contributed by atoms with Crippen LogP contribution in [0.2, 0.25) is 0 Å². The zero-order chi connectivity index (χ0) is 27.7. The molecule has 3 heterocycles. The summed E-state index contributed by atoms with van der Waals surface area (Å²) in [5.41, 5.74) is 2.53. The summed E-state index contributed by atoms with van der Waals surface area (Å²) in [4.78, 5) is 20.2. The van der Waals surface area contributed by atoms with Crippen LogP contribution in [0.5, 0.6) is 0 Å². The molecule has 3 rings (SSSR count). The number of rotatable bonds is 6. The van der Waals surface area contributed by atoms with E-state index in [4.69, 9.17) is 34.1 Å². The Hall–Kier alpha value is -3.07. The first-order valence-electron chi connectivity index (χ1n) is 10.6. The van der Waals surface area contributed by atoms with Gasteiger partial charge in [0.25, 0.3) is 0 Å². The highest BCUT2D eigenvalue weighted by atomic mass is 19.4. The van der Waals surface area contributed by atoms with E-state index in [0.717, 1.165) is 50.9 Å². The predicted molar refractivity (Wildman–Crippen MR) is 112 cm³/mol. The number of furan rings is 1. The van der Waals surface area contributed by atoms with E-state index in [2.05, 4.69) is 24.1 Å². The molecule has 2 aromatic rings. The fourth-order valence-corrected chi connectivity index (χ4v) is 3.11. The molecule has 0 amide bonds. The lowest BCUT2D eigenvalue weighted by molar-refractivity contribution is -0.193. The molecule has 0 bridgehead atoms. The van der Waals surface area contributed by atoms with Gasteiger partial charge in [-0.05, 0) is 32.9 Å². The molecule has 1 aliphatic rings. The first-order chi connectivity index (χ1) is 16.6. The molecule has 9 nitrogen and oxygen atoms in total. The van der Waals surface area contributed by atoms with Crippen molar-refractivity contribution >= 4 is 11.9 Å². The number of ether oxygens (including phenoxy) is 1. The number of hydrogen-bond acceptors (Lipinski definition) is 6. The minimum absolute atomic E-state index is 0.340. The molecule has 2 aromatic heterocycles. The van der Waals surface area contributed by atoms with Gasteiger partial charge in [0.1, 0.15) is 11.5 Å². The van der Waals surface area contributed by atoms with Crippen molar-refractivity contribution in [3.63, 3.8) is 0 Å².